The van der Waals surface area contributed by atoms with E-state index in [1.807, 2.05) is 24.3 Å². The minimum absolute atomic E-state index is 0.0473. The van der Waals surface area contributed by atoms with Crippen LogP contribution in [0.5, 0.6) is 0 Å². The lowest BCUT2D eigenvalue weighted by Crippen LogP contribution is -2.43. The van der Waals surface area contributed by atoms with E-state index < -0.39 is 11.7 Å². The number of aromatic nitrogens is 3. The fourth-order valence-electron chi connectivity index (χ4n) is 4.32. The Kier molecular flexibility index (Phi) is 5.53. The topological polar surface area (TPSA) is 80.0 Å². The van der Waals surface area contributed by atoms with Gasteiger partial charge < -0.3 is 16.0 Å². The number of halogens is 2. The third-order valence-electron chi connectivity index (χ3n) is 5.90. The van der Waals surface area contributed by atoms with Gasteiger partial charge in [0.1, 0.15) is 11.7 Å². The van der Waals surface area contributed by atoms with Crippen molar-refractivity contribution in [1.82, 2.24) is 15.0 Å². The van der Waals surface area contributed by atoms with E-state index in [2.05, 4.69) is 25.2 Å². The van der Waals surface area contributed by atoms with Crippen molar-refractivity contribution in [2.24, 2.45) is 5.73 Å². The van der Waals surface area contributed by atoms with Crippen LogP contribution in [0.25, 0.3) is 16.5 Å². The fraction of sp³-hybridized carbons (Fsp3) is 0.292. The van der Waals surface area contributed by atoms with Crippen LogP contribution in [0.4, 0.5) is 25.8 Å². The van der Waals surface area contributed by atoms with Crippen LogP contribution in [0.3, 0.4) is 0 Å². The predicted octanol–water partition coefficient (Wildman–Crippen LogP) is 5.02. The van der Waals surface area contributed by atoms with Gasteiger partial charge in [0.25, 0.3) is 0 Å². The van der Waals surface area contributed by atoms with Crippen molar-refractivity contribution in [3.05, 3.63) is 66.4 Å². The van der Waals surface area contributed by atoms with E-state index in [0.717, 1.165) is 42.7 Å². The lowest BCUT2D eigenvalue weighted by molar-refractivity contribution is 0.506. The molecule has 2 aromatic heterocycles. The second-order valence-electron chi connectivity index (χ2n) is 8.17. The lowest BCUT2D eigenvalue weighted by Gasteiger charge is -2.33. The Morgan fingerprint density at radius 1 is 1.12 bits per heavy atom. The van der Waals surface area contributed by atoms with Gasteiger partial charge in [0.15, 0.2) is 5.82 Å². The summed E-state index contributed by atoms with van der Waals surface area (Å²) in [4.78, 5) is 15.3. The lowest BCUT2D eigenvalue weighted by atomic mass is 10.0. The van der Waals surface area contributed by atoms with Gasteiger partial charge in [0.2, 0.25) is 0 Å². The predicted molar refractivity (Wildman–Crippen MR) is 123 cm³/mol. The number of piperidine rings is 1. The van der Waals surface area contributed by atoms with Gasteiger partial charge in [0, 0.05) is 43.3 Å². The summed E-state index contributed by atoms with van der Waals surface area (Å²) in [7, 11) is 0. The maximum absolute atomic E-state index is 14.4. The highest BCUT2D eigenvalue weighted by atomic mass is 19.1. The van der Waals surface area contributed by atoms with Crippen molar-refractivity contribution < 1.29 is 8.78 Å². The second kappa shape index (κ2) is 8.63. The number of fused-ring (bicyclic) bond motifs is 1. The minimum Gasteiger partial charge on any atom is -0.368 e. The molecule has 32 heavy (non-hydrogen) atoms. The highest BCUT2D eigenvalue weighted by Crippen LogP contribution is 2.35. The third kappa shape index (κ3) is 3.93. The Morgan fingerprint density at radius 2 is 2.03 bits per heavy atom. The number of benzene rings is 1. The van der Waals surface area contributed by atoms with E-state index in [1.165, 1.54) is 6.08 Å². The molecule has 0 unspecified atom stereocenters. The molecule has 0 radical (unpaired) electrons. The van der Waals surface area contributed by atoms with Crippen molar-refractivity contribution in [2.45, 2.75) is 31.7 Å². The first-order valence-electron chi connectivity index (χ1n) is 10.8. The van der Waals surface area contributed by atoms with E-state index in [4.69, 9.17) is 5.73 Å². The highest BCUT2D eigenvalue weighted by molar-refractivity contribution is 5.94. The molecule has 0 spiro atoms. The normalized spacial score (nSPS) is 19.3. The third-order valence-corrected chi connectivity index (χ3v) is 5.90. The smallest absolute Gasteiger partial charge is 0.165 e. The van der Waals surface area contributed by atoms with Gasteiger partial charge in [-0.25, -0.2) is 18.7 Å². The number of allylic oxidation sites excluding steroid dienone is 4. The molecule has 1 atom stereocenters. The van der Waals surface area contributed by atoms with Crippen LogP contribution in [-0.2, 0) is 0 Å². The number of para-hydroxylation sites is 1. The van der Waals surface area contributed by atoms with Crippen LogP contribution in [0.1, 0.15) is 31.5 Å². The zero-order valence-corrected chi connectivity index (χ0v) is 17.6. The van der Waals surface area contributed by atoms with Crippen molar-refractivity contribution in [1.29, 1.82) is 0 Å². The molecular formula is C24H24F2N6. The molecule has 3 heterocycles. The zero-order valence-electron chi connectivity index (χ0n) is 17.6. The summed E-state index contributed by atoms with van der Waals surface area (Å²) in [5.74, 6) is -1.09. The number of nitrogens with one attached hydrogen (secondary N) is 1. The van der Waals surface area contributed by atoms with Gasteiger partial charge in [-0.1, -0.05) is 12.1 Å². The number of pyridine rings is 1. The molecule has 6 nitrogen and oxygen atoms in total. The van der Waals surface area contributed by atoms with Gasteiger partial charge in [-0.2, -0.15) is 0 Å². The molecular weight excluding hydrogens is 410 g/mol. The van der Waals surface area contributed by atoms with Crippen LogP contribution in [0.2, 0.25) is 0 Å². The Labute approximate surface area is 184 Å². The first kappa shape index (κ1) is 20.5. The number of nitrogens with zero attached hydrogens (tertiary/aromatic N) is 4. The summed E-state index contributed by atoms with van der Waals surface area (Å²) in [6.45, 7) is 1.70. The summed E-state index contributed by atoms with van der Waals surface area (Å²) in [5.41, 5.74) is 9.16. The molecule has 1 saturated heterocycles. The SMILES string of the molecule is N[C@H]1CCCN(c2ccncc2Nc2cccc3cnc(C4=C(F)CCC=C4F)nc23)C1. The highest BCUT2D eigenvalue weighted by Gasteiger charge is 2.22. The standard InChI is InChI=1S/C24H24F2N6/c25-17-6-2-7-18(26)22(17)24-29-12-15-4-1-8-19(23(15)31-24)30-20-13-28-10-9-21(20)32-11-3-5-16(27)14-32/h1,4,6,8-10,12-13,16,30H,2-3,5,7,11,14,27H2/t16-/m0/s1. The van der Waals surface area contributed by atoms with Gasteiger partial charge in [-0.3, -0.25) is 4.98 Å². The Bertz CT molecular complexity index is 1220. The van der Waals surface area contributed by atoms with E-state index in [-0.39, 0.29) is 23.9 Å². The fourth-order valence-corrected chi connectivity index (χ4v) is 4.32. The van der Waals surface area contributed by atoms with E-state index in [1.54, 1.807) is 18.6 Å². The monoisotopic (exact) mass is 434 g/mol. The molecule has 1 aromatic carbocycles. The van der Waals surface area contributed by atoms with Crippen LogP contribution >= 0.6 is 0 Å². The molecule has 2 aliphatic rings. The largest absolute Gasteiger partial charge is 0.368 e. The van der Waals surface area contributed by atoms with Crippen LogP contribution in [-0.4, -0.2) is 34.1 Å². The average molecular weight is 434 g/mol. The number of hydrogen-bond donors (Lipinski definition) is 2. The molecule has 8 heteroatoms. The first-order chi connectivity index (χ1) is 15.6. The van der Waals surface area contributed by atoms with E-state index >= 15 is 0 Å². The molecule has 3 N–H and O–H groups in total. The van der Waals surface area contributed by atoms with Crippen molar-refractivity contribution in [3.8, 4) is 0 Å². The maximum atomic E-state index is 14.4. The Balaban J connectivity index is 1.54. The molecule has 0 amide bonds. The Morgan fingerprint density at radius 3 is 2.88 bits per heavy atom. The number of anilines is 3. The summed E-state index contributed by atoms with van der Waals surface area (Å²) in [6, 6.07) is 7.75. The van der Waals surface area contributed by atoms with Crippen molar-refractivity contribution >= 4 is 33.5 Å². The quantitative estimate of drug-likeness (QED) is 0.600. The molecule has 164 valence electrons. The Hall–Kier alpha value is -3.39. The average Bonchev–Trinajstić information content (AvgIpc) is 2.80. The summed E-state index contributed by atoms with van der Waals surface area (Å²) in [6.07, 6.45) is 9.05. The number of hydrogen-bond acceptors (Lipinski definition) is 6. The number of nitrogens with two attached hydrogens (primary N) is 1. The van der Waals surface area contributed by atoms with Crippen LogP contribution in [0, 0.1) is 0 Å². The van der Waals surface area contributed by atoms with Gasteiger partial charge in [-0.05, 0) is 37.5 Å². The summed E-state index contributed by atoms with van der Waals surface area (Å²) < 4.78 is 28.8. The summed E-state index contributed by atoms with van der Waals surface area (Å²) >= 11 is 0. The molecule has 1 aliphatic heterocycles. The van der Waals surface area contributed by atoms with Crippen molar-refractivity contribution in [3.63, 3.8) is 0 Å². The van der Waals surface area contributed by atoms with Crippen LogP contribution < -0.4 is 16.0 Å². The van der Waals surface area contributed by atoms with E-state index in [9.17, 15) is 8.78 Å². The van der Waals surface area contributed by atoms with Gasteiger partial charge >= 0.3 is 0 Å². The van der Waals surface area contributed by atoms with Crippen molar-refractivity contribution in [2.75, 3.05) is 23.3 Å². The summed E-state index contributed by atoms with van der Waals surface area (Å²) in [5, 5.41) is 4.20. The molecule has 0 saturated carbocycles. The van der Waals surface area contributed by atoms with Gasteiger partial charge in [0.05, 0.1) is 34.3 Å². The minimum atomic E-state index is -0.616. The zero-order chi connectivity index (χ0) is 22.1. The molecule has 0 bridgehead atoms. The van der Waals surface area contributed by atoms with E-state index in [0.29, 0.717) is 17.6 Å². The van der Waals surface area contributed by atoms with Gasteiger partial charge in [-0.15, -0.1) is 0 Å². The maximum Gasteiger partial charge on any atom is 0.165 e. The molecule has 1 aliphatic carbocycles. The molecule has 3 aromatic rings. The molecule has 1 fully saturated rings. The second-order valence-corrected chi connectivity index (χ2v) is 8.17. The number of rotatable bonds is 4. The molecule has 5 rings (SSSR count). The van der Waals surface area contributed by atoms with Crippen LogP contribution in [0.15, 0.2) is 60.6 Å². The first-order valence-corrected chi connectivity index (χ1v) is 10.8.